The largest absolute Gasteiger partial charge is 0.455 e. The number of fused-ring (bicyclic) bond motifs is 1. The molecule has 0 atom stereocenters. The first-order valence-corrected chi connectivity index (χ1v) is 6.26. The lowest BCUT2D eigenvalue weighted by molar-refractivity contribution is 0.0459. The third-order valence-corrected chi connectivity index (χ3v) is 2.89. The maximum atomic E-state index is 11.9. The summed E-state index contributed by atoms with van der Waals surface area (Å²) in [5, 5.41) is 4.35. The number of esters is 1. The summed E-state index contributed by atoms with van der Waals surface area (Å²) in [6.45, 7) is 1.67. The number of para-hydroxylation sites is 1. The number of hydrogen-bond acceptors (Lipinski definition) is 6. The molecule has 21 heavy (non-hydrogen) atoms. The minimum absolute atomic E-state index is 0.0670. The highest BCUT2D eigenvalue weighted by Crippen LogP contribution is 2.13. The highest BCUT2D eigenvalue weighted by Gasteiger charge is 2.16. The lowest BCUT2D eigenvalue weighted by atomic mass is 10.2. The molecule has 0 saturated heterocycles. The van der Waals surface area contributed by atoms with Gasteiger partial charge in [-0.15, -0.1) is 0 Å². The Hall–Kier alpha value is -2.89. The highest BCUT2D eigenvalue weighted by atomic mass is 16.5. The maximum absolute atomic E-state index is 11.9. The van der Waals surface area contributed by atoms with E-state index in [-0.39, 0.29) is 12.2 Å². The number of hydrogen-bond donors (Lipinski definition) is 0. The van der Waals surface area contributed by atoms with E-state index in [0.29, 0.717) is 22.4 Å². The molecule has 6 heteroatoms. The van der Waals surface area contributed by atoms with Crippen LogP contribution in [0.5, 0.6) is 0 Å². The van der Waals surface area contributed by atoms with Crippen LogP contribution in [-0.2, 0) is 11.3 Å². The summed E-state index contributed by atoms with van der Waals surface area (Å²) in [6, 6.07) is 10.0. The molecule has 0 unspecified atom stereocenters. The number of nitrogens with zero attached hydrogens (tertiary/aromatic N) is 1. The van der Waals surface area contributed by atoms with Crippen molar-refractivity contribution in [2.24, 2.45) is 0 Å². The minimum Gasteiger partial charge on any atom is -0.455 e. The van der Waals surface area contributed by atoms with Crippen molar-refractivity contribution >= 4 is 16.9 Å². The van der Waals surface area contributed by atoms with Crippen molar-refractivity contribution in [2.75, 3.05) is 0 Å². The van der Waals surface area contributed by atoms with Gasteiger partial charge >= 0.3 is 11.6 Å². The molecule has 0 bridgehead atoms. The predicted molar refractivity (Wildman–Crippen MR) is 72.8 cm³/mol. The minimum atomic E-state index is -0.754. The molecule has 2 aromatic heterocycles. The lowest BCUT2D eigenvalue weighted by Crippen LogP contribution is -2.16. The van der Waals surface area contributed by atoms with Crippen molar-refractivity contribution in [2.45, 2.75) is 13.5 Å². The smallest absolute Gasteiger partial charge is 0.351 e. The van der Waals surface area contributed by atoms with E-state index in [4.69, 9.17) is 13.7 Å². The van der Waals surface area contributed by atoms with Crippen LogP contribution in [0, 0.1) is 6.92 Å². The van der Waals surface area contributed by atoms with Crippen molar-refractivity contribution in [3.63, 3.8) is 0 Å². The number of rotatable bonds is 3. The molecule has 3 rings (SSSR count). The van der Waals surface area contributed by atoms with Crippen LogP contribution >= 0.6 is 0 Å². The Bertz CT molecular complexity index is 862. The SMILES string of the molecule is Cc1cc(COC(=O)c2cc3ccccc3oc2=O)no1. The zero-order chi connectivity index (χ0) is 14.8. The quantitative estimate of drug-likeness (QED) is 0.543. The molecule has 0 amide bonds. The van der Waals surface area contributed by atoms with Gasteiger partial charge in [-0.3, -0.25) is 0 Å². The molecular weight excluding hydrogens is 274 g/mol. The second-order valence-electron chi connectivity index (χ2n) is 4.49. The molecule has 0 fully saturated rings. The molecule has 0 saturated carbocycles. The van der Waals surface area contributed by atoms with Crippen LogP contribution in [-0.4, -0.2) is 11.1 Å². The van der Waals surface area contributed by atoms with Gasteiger partial charge in [0.25, 0.3) is 0 Å². The predicted octanol–water partition coefficient (Wildman–Crippen LogP) is 2.45. The summed E-state index contributed by atoms with van der Waals surface area (Å²) < 4.78 is 15.0. The van der Waals surface area contributed by atoms with E-state index < -0.39 is 11.6 Å². The van der Waals surface area contributed by atoms with Gasteiger partial charge in [0.2, 0.25) is 0 Å². The van der Waals surface area contributed by atoms with Crippen molar-refractivity contribution in [1.29, 1.82) is 0 Å². The number of aromatic nitrogens is 1. The zero-order valence-electron chi connectivity index (χ0n) is 11.2. The third kappa shape index (κ3) is 2.69. The van der Waals surface area contributed by atoms with E-state index in [9.17, 15) is 9.59 Å². The van der Waals surface area contributed by atoms with E-state index in [0.717, 1.165) is 0 Å². The van der Waals surface area contributed by atoms with Crippen LogP contribution < -0.4 is 5.63 Å². The van der Waals surface area contributed by atoms with Gasteiger partial charge in [-0.05, 0) is 19.1 Å². The summed E-state index contributed by atoms with van der Waals surface area (Å²) in [5.74, 6) is -0.138. The summed E-state index contributed by atoms with van der Waals surface area (Å²) in [5.41, 5.74) is 0.0288. The second-order valence-corrected chi connectivity index (χ2v) is 4.49. The van der Waals surface area contributed by atoms with Crippen LogP contribution in [0.15, 0.2) is 50.1 Å². The van der Waals surface area contributed by atoms with Gasteiger partial charge in [0.15, 0.2) is 0 Å². The van der Waals surface area contributed by atoms with E-state index in [2.05, 4.69) is 5.16 Å². The van der Waals surface area contributed by atoms with Gasteiger partial charge in [0.1, 0.15) is 29.2 Å². The molecule has 0 aliphatic rings. The molecular formula is C15H11NO5. The number of benzene rings is 1. The van der Waals surface area contributed by atoms with Crippen molar-refractivity contribution in [3.05, 3.63) is 63.8 Å². The van der Waals surface area contributed by atoms with E-state index >= 15 is 0 Å². The summed E-state index contributed by atoms with van der Waals surface area (Å²) in [4.78, 5) is 23.7. The molecule has 0 radical (unpaired) electrons. The summed E-state index contributed by atoms with van der Waals surface area (Å²) in [7, 11) is 0. The first-order valence-electron chi connectivity index (χ1n) is 6.26. The average molecular weight is 285 g/mol. The number of carbonyl (C=O) groups excluding carboxylic acids is 1. The highest BCUT2D eigenvalue weighted by molar-refractivity contribution is 5.92. The lowest BCUT2D eigenvalue weighted by Gasteiger charge is -2.02. The fourth-order valence-corrected chi connectivity index (χ4v) is 1.91. The van der Waals surface area contributed by atoms with Gasteiger partial charge in [-0.2, -0.15) is 0 Å². The van der Waals surface area contributed by atoms with Crippen LogP contribution in [0.2, 0.25) is 0 Å². The Balaban J connectivity index is 1.84. The first kappa shape index (κ1) is 13.1. The number of carbonyl (C=O) groups is 1. The Morgan fingerprint density at radius 1 is 1.29 bits per heavy atom. The normalized spacial score (nSPS) is 10.7. The number of aryl methyl sites for hydroxylation is 1. The summed E-state index contributed by atoms with van der Waals surface area (Å²) in [6.07, 6.45) is 0. The van der Waals surface area contributed by atoms with Crippen LogP contribution in [0.25, 0.3) is 11.0 Å². The molecule has 3 aromatic rings. The first-order chi connectivity index (χ1) is 10.1. The van der Waals surface area contributed by atoms with Gasteiger partial charge in [-0.25, -0.2) is 9.59 Å². The number of ether oxygens (including phenoxy) is 1. The third-order valence-electron chi connectivity index (χ3n) is 2.89. The van der Waals surface area contributed by atoms with Crippen LogP contribution in [0.4, 0.5) is 0 Å². The van der Waals surface area contributed by atoms with E-state index in [1.165, 1.54) is 6.07 Å². The van der Waals surface area contributed by atoms with E-state index in [1.807, 2.05) is 0 Å². The second kappa shape index (κ2) is 5.24. The average Bonchev–Trinajstić information content (AvgIpc) is 2.89. The molecule has 0 N–H and O–H groups in total. The molecule has 0 spiro atoms. The van der Waals surface area contributed by atoms with E-state index in [1.54, 1.807) is 37.3 Å². The summed E-state index contributed by atoms with van der Waals surface area (Å²) >= 11 is 0. The van der Waals surface area contributed by atoms with Gasteiger partial charge in [0.05, 0.1) is 0 Å². The molecule has 0 aliphatic heterocycles. The van der Waals surface area contributed by atoms with Gasteiger partial charge in [0, 0.05) is 11.5 Å². The van der Waals surface area contributed by atoms with Gasteiger partial charge in [-0.1, -0.05) is 23.4 Å². The molecule has 2 heterocycles. The van der Waals surface area contributed by atoms with Gasteiger partial charge < -0.3 is 13.7 Å². The standard InChI is InChI=1S/C15H11NO5/c1-9-6-11(16-21-9)8-19-14(17)12-7-10-4-2-3-5-13(10)20-15(12)18/h2-7H,8H2,1H3. The Morgan fingerprint density at radius 2 is 2.10 bits per heavy atom. The monoisotopic (exact) mass is 285 g/mol. The topological polar surface area (TPSA) is 82.5 Å². The van der Waals surface area contributed by atoms with Crippen molar-refractivity contribution < 1.29 is 18.5 Å². The fraction of sp³-hybridized carbons (Fsp3) is 0.133. The van der Waals surface area contributed by atoms with Crippen molar-refractivity contribution in [3.8, 4) is 0 Å². The van der Waals surface area contributed by atoms with Crippen molar-refractivity contribution in [1.82, 2.24) is 5.16 Å². The van der Waals surface area contributed by atoms with Crippen LogP contribution in [0.1, 0.15) is 21.8 Å². The molecule has 0 aliphatic carbocycles. The fourth-order valence-electron chi connectivity index (χ4n) is 1.91. The van der Waals surface area contributed by atoms with Crippen LogP contribution in [0.3, 0.4) is 0 Å². The Kier molecular flexibility index (Phi) is 3.27. The molecule has 106 valence electrons. The zero-order valence-corrected chi connectivity index (χ0v) is 11.2. The Labute approximate surface area is 118 Å². The molecule has 6 nitrogen and oxygen atoms in total. The Morgan fingerprint density at radius 3 is 2.86 bits per heavy atom. The maximum Gasteiger partial charge on any atom is 0.351 e. The molecule has 1 aromatic carbocycles.